The van der Waals surface area contributed by atoms with Crippen LogP contribution in [0.3, 0.4) is 0 Å². The number of nitrogens with zero attached hydrogens (tertiary/aromatic N) is 1. The van der Waals surface area contributed by atoms with E-state index in [1.54, 1.807) is 6.92 Å². The summed E-state index contributed by atoms with van der Waals surface area (Å²) in [5, 5.41) is 3.54. The van der Waals surface area contributed by atoms with Crippen LogP contribution in [0.15, 0.2) is 12.1 Å². The first-order chi connectivity index (χ1) is 10.7. The SMILES string of the molecule is CCCN(CCC)[C@@H]1Cc2c(C(C)=O)ccc3c2[C@H](CN3)C1. The van der Waals surface area contributed by atoms with E-state index < -0.39 is 0 Å². The Balaban J connectivity index is 1.95. The summed E-state index contributed by atoms with van der Waals surface area (Å²) in [6, 6.07) is 4.72. The predicted octanol–water partition coefficient (Wildman–Crippen LogP) is 3.84. The lowest BCUT2D eigenvalue weighted by atomic mass is 9.78. The van der Waals surface area contributed by atoms with Crippen LogP contribution in [-0.2, 0) is 6.42 Å². The molecule has 1 N–H and O–H groups in total. The van der Waals surface area contributed by atoms with Gasteiger partial charge in [-0.25, -0.2) is 0 Å². The number of benzene rings is 1. The highest BCUT2D eigenvalue weighted by Gasteiger charge is 2.36. The normalized spacial score (nSPS) is 22.5. The quantitative estimate of drug-likeness (QED) is 0.810. The van der Waals surface area contributed by atoms with Crippen LogP contribution in [0.25, 0.3) is 0 Å². The molecule has 0 aromatic heterocycles. The highest BCUT2D eigenvalue weighted by atomic mass is 16.1. The van der Waals surface area contributed by atoms with Crippen molar-refractivity contribution >= 4 is 11.5 Å². The number of hydrogen-bond donors (Lipinski definition) is 1. The number of rotatable bonds is 6. The van der Waals surface area contributed by atoms with Gasteiger partial charge in [0.15, 0.2) is 5.78 Å². The maximum Gasteiger partial charge on any atom is 0.160 e. The Kier molecular flexibility index (Phi) is 4.53. The molecule has 0 bridgehead atoms. The summed E-state index contributed by atoms with van der Waals surface area (Å²) < 4.78 is 0. The fraction of sp³-hybridized carbons (Fsp3) is 0.632. The zero-order valence-electron chi connectivity index (χ0n) is 14.1. The fourth-order valence-electron chi connectivity index (χ4n) is 4.35. The van der Waals surface area contributed by atoms with Gasteiger partial charge in [0.1, 0.15) is 0 Å². The first-order valence-corrected chi connectivity index (χ1v) is 8.80. The van der Waals surface area contributed by atoms with E-state index in [0.29, 0.717) is 12.0 Å². The third-order valence-electron chi connectivity index (χ3n) is 5.22. The molecule has 0 spiro atoms. The minimum absolute atomic E-state index is 0.210. The predicted molar refractivity (Wildman–Crippen MR) is 91.9 cm³/mol. The lowest BCUT2D eigenvalue weighted by molar-refractivity contribution is 0.101. The van der Waals surface area contributed by atoms with Crippen molar-refractivity contribution in [3.8, 4) is 0 Å². The van der Waals surface area contributed by atoms with E-state index in [9.17, 15) is 4.79 Å². The van der Waals surface area contributed by atoms with E-state index in [0.717, 1.165) is 18.5 Å². The van der Waals surface area contributed by atoms with Crippen LogP contribution in [0.2, 0.25) is 0 Å². The van der Waals surface area contributed by atoms with Gasteiger partial charge in [0.05, 0.1) is 0 Å². The summed E-state index contributed by atoms with van der Waals surface area (Å²) in [7, 11) is 0. The molecular weight excluding hydrogens is 272 g/mol. The van der Waals surface area contributed by atoms with Gasteiger partial charge in [0.2, 0.25) is 0 Å². The van der Waals surface area contributed by atoms with Crippen molar-refractivity contribution in [1.82, 2.24) is 4.90 Å². The molecule has 1 aliphatic heterocycles. The zero-order valence-corrected chi connectivity index (χ0v) is 14.1. The highest BCUT2D eigenvalue weighted by molar-refractivity contribution is 5.97. The third-order valence-corrected chi connectivity index (χ3v) is 5.22. The molecule has 0 saturated heterocycles. The molecule has 1 aromatic rings. The van der Waals surface area contributed by atoms with Crippen molar-refractivity contribution in [2.75, 3.05) is 25.0 Å². The smallest absolute Gasteiger partial charge is 0.160 e. The number of anilines is 1. The van der Waals surface area contributed by atoms with E-state index in [4.69, 9.17) is 0 Å². The summed E-state index contributed by atoms with van der Waals surface area (Å²) in [5.74, 6) is 0.792. The molecule has 0 fully saturated rings. The second-order valence-corrected chi connectivity index (χ2v) is 6.82. The molecule has 3 rings (SSSR count). The Morgan fingerprint density at radius 1 is 1.27 bits per heavy atom. The monoisotopic (exact) mass is 300 g/mol. The number of Topliss-reactive ketones (excluding diaryl/α,β-unsaturated/α-hetero) is 1. The molecule has 2 atom stereocenters. The Hall–Kier alpha value is -1.35. The first-order valence-electron chi connectivity index (χ1n) is 8.80. The van der Waals surface area contributed by atoms with Crippen LogP contribution < -0.4 is 5.32 Å². The maximum atomic E-state index is 12.0. The largest absolute Gasteiger partial charge is 0.384 e. The van der Waals surface area contributed by atoms with E-state index in [1.807, 2.05) is 6.07 Å². The van der Waals surface area contributed by atoms with Crippen molar-refractivity contribution in [1.29, 1.82) is 0 Å². The standard InChI is InChI=1S/C19H28N2O/c1-4-8-21(9-5-2)15-10-14-12-20-18-7-6-16(13(3)22)17(11-15)19(14)18/h6-7,14-15,20H,4-5,8-12H2,1-3H3/t14-,15-/m0/s1. The lowest BCUT2D eigenvalue weighted by Crippen LogP contribution is -2.41. The molecule has 22 heavy (non-hydrogen) atoms. The van der Waals surface area contributed by atoms with Gasteiger partial charge < -0.3 is 10.2 Å². The summed E-state index contributed by atoms with van der Waals surface area (Å²) >= 11 is 0. The van der Waals surface area contributed by atoms with E-state index >= 15 is 0 Å². The van der Waals surface area contributed by atoms with Crippen LogP contribution in [-0.4, -0.2) is 36.4 Å². The summed E-state index contributed by atoms with van der Waals surface area (Å²) in [5.41, 5.74) is 4.98. The van der Waals surface area contributed by atoms with E-state index in [-0.39, 0.29) is 5.78 Å². The molecule has 120 valence electrons. The summed E-state index contributed by atoms with van der Waals surface area (Å²) in [6.45, 7) is 9.60. The molecule has 0 saturated carbocycles. The van der Waals surface area contributed by atoms with Crippen molar-refractivity contribution < 1.29 is 4.79 Å². The Labute approximate surface area is 134 Å². The molecule has 0 unspecified atom stereocenters. The third kappa shape index (κ3) is 2.67. The van der Waals surface area contributed by atoms with Crippen LogP contribution in [0.1, 0.15) is 67.4 Å². The van der Waals surface area contributed by atoms with Crippen LogP contribution in [0.5, 0.6) is 0 Å². The molecule has 3 nitrogen and oxygen atoms in total. The van der Waals surface area contributed by atoms with E-state index in [2.05, 4.69) is 30.1 Å². The summed E-state index contributed by atoms with van der Waals surface area (Å²) in [4.78, 5) is 14.7. The Morgan fingerprint density at radius 2 is 2.00 bits per heavy atom. The van der Waals surface area contributed by atoms with Crippen molar-refractivity contribution in [3.05, 3.63) is 28.8 Å². The Morgan fingerprint density at radius 3 is 2.64 bits per heavy atom. The average Bonchev–Trinajstić information content (AvgIpc) is 2.91. The van der Waals surface area contributed by atoms with E-state index in [1.165, 1.54) is 49.2 Å². The minimum Gasteiger partial charge on any atom is -0.384 e. The van der Waals surface area contributed by atoms with Gasteiger partial charge in [-0.2, -0.15) is 0 Å². The molecule has 0 amide bonds. The number of hydrogen-bond acceptors (Lipinski definition) is 3. The van der Waals surface area contributed by atoms with Gasteiger partial charge in [-0.15, -0.1) is 0 Å². The molecule has 0 radical (unpaired) electrons. The van der Waals surface area contributed by atoms with Gasteiger partial charge in [-0.1, -0.05) is 13.8 Å². The highest BCUT2D eigenvalue weighted by Crippen LogP contribution is 2.43. The van der Waals surface area contributed by atoms with Gasteiger partial charge >= 0.3 is 0 Å². The van der Waals surface area contributed by atoms with Gasteiger partial charge in [-0.3, -0.25) is 4.79 Å². The van der Waals surface area contributed by atoms with Crippen LogP contribution >= 0.6 is 0 Å². The average molecular weight is 300 g/mol. The lowest BCUT2D eigenvalue weighted by Gasteiger charge is -2.37. The van der Waals surface area contributed by atoms with Crippen molar-refractivity contribution in [2.24, 2.45) is 0 Å². The first kappa shape index (κ1) is 15.5. The molecule has 1 aliphatic carbocycles. The Bertz CT molecular complexity index is 561. The molecule has 1 heterocycles. The summed E-state index contributed by atoms with van der Waals surface area (Å²) in [6.07, 6.45) is 4.67. The zero-order chi connectivity index (χ0) is 15.7. The molecular formula is C19H28N2O. The number of ketones is 1. The molecule has 2 aliphatic rings. The molecule has 3 heteroatoms. The van der Waals surface area contributed by atoms with Gasteiger partial charge in [0, 0.05) is 29.8 Å². The van der Waals surface area contributed by atoms with Crippen molar-refractivity contribution in [2.45, 2.75) is 58.4 Å². The van der Waals surface area contributed by atoms with Gasteiger partial charge in [-0.05, 0) is 69.0 Å². The minimum atomic E-state index is 0.210. The second kappa shape index (κ2) is 6.41. The topological polar surface area (TPSA) is 32.3 Å². The second-order valence-electron chi connectivity index (χ2n) is 6.82. The maximum absolute atomic E-state index is 12.0. The van der Waals surface area contributed by atoms with Gasteiger partial charge in [0.25, 0.3) is 0 Å². The van der Waals surface area contributed by atoms with Crippen LogP contribution in [0, 0.1) is 0 Å². The number of carbonyl (C=O) groups is 1. The fourth-order valence-corrected chi connectivity index (χ4v) is 4.35. The van der Waals surface area contributed by atoms with Crippen LogP contribution in [0.4, 0.5) is 5.69 Å². The number of carbonyl (C=O) groups excluding carboxylic acids is 1. The van der Waals surface area contributed by atoms with Crippen molar-refractivity contribution in [3.63, 3.8) is 0 Å². The molecule has 1 aromatic carbocycles. The number of nitrogens with one attached hydrogen (secondary N) is 1.